The van der Waals surface area contributed by atoms with Gasteiger partial charge in [-0.1, -0.05) is 6.92 Å². The summed E-state index contributed by atoms with van der Waals surface area (Å²) in [5.74, 6) is 0.886. The van der Waals surface area contributed by atoms with Gasteiger partial charge in [0.2, 0.25) is 10.0 Å². The number of nitrogens with zero attached hydrogens (tertiary/aromatic N) is 2. The molecular weight excluding hydrogens is 358 g/mol. The van der Waals surface area contributed by atoms with E-state index < -0.39 is 10.0 Å². The van der Waals surface area contributed by atoms with E-state index >= 15 is 0 Å². The zero-order valence-electron chi connectivity index (χ0n) is 11.4. The second-order valence-electron chi connectivity index (χ2n) is 4.29. The number of hydrogen-bond acceptors (Lipinski definition) is 5. The summed E-state index contributed by atoms with van der Waals surface area (Å²) in [6, 6.07) is 1.52. The number of nitrogens with one attached hydrogen (secondary N) is 3. The number of aromatic amines is 1. The van der Waals surface area contributed by atoms with Crippen molar-refractivity contribution in [2.45, 2.75) is 24.8 Å². The summed E-state index contributed by atoms with van der Waals surface area (Å²) >= 11 is 3.25. The maximum Gasteiger partial charge on any atom is 0.244 e. The van der Waals surface area contributed by atoms with Crippen molar-refractivity contribution in [3.63, 3.8) is 0 Å². The molecule has 2 aromatic heterocycles. The van der Waals surface area contributed by atoms with Crippen LogP contribution in [0.5, 0.6) is 0 Å². The smallest absolute Gasteiger partial charge is 0.244 e. The van der Waals surface area contributed by atoms with Crippen molar-refractivity contribution in [2.24, 2.45) is 0 Å². The molecule has 0 aliphatic carbocycles. The van der Waals surface area contributed by atoms with Gasteiger partial charge in [-0.3, -0.25) is 0 Å². The number of halogens is 1. The maximum absolute atomic E-state index is 12.4. The van der Waals surface area contributed by atoms with Crippen molar-refractivity contribution in [3.05, 3.63) is 35.0 Å². The Morgan fingerprint density at radius 3 is 2.86 bits per heavy atom. The molecule has 0 aliphatic heterocycles. The molecule has 0 saturated carbocycles. The van der Waals surface area contributed by atoms with Gasteiger partial charge in [0.15, 0.2) is 0 Å². The predicted octanol–water partition coefficient (Wildman–Crippen LogP) is 1.87. The second kappa shape index (κ2) is 7.01. The molecule has 0 unspecified atom stereocenters. The van der Waals surface area contributed by atoms with Crippen LogP contribution in [0.1, 0.15) is 19.2 Å². The average molecular weight is 374 g/mol. The summed E-state index contributed by atoms with van der Waals surface area (Å²) in [5.41, 5.74) is 0. The van der Waals surface area contributed by atoms with Crippen LogP contribution in [-0.2, 0) is 16.6 Å². The molecule has 0 fully saturated rings. The Morgan fingerprint density at radius 2 is 2.19 bits per heavy atom. The van der Waals surface area contributed by atoms with Crippen molar-refractivity contribution in [2.75, 3.05) is 11.9 Å². The third-order valence-electron chi connectivity index (χ3n) is 2.64. The third-order valence-corrected chi connectivity index (χ3v) is 4.48. The van der Waals surface area contributed by atoms with Crippen LogP contribution in [0.2, 0.25) is 0 Å². The Balaban J connectivity index is 2.23. The van der Waals surface area contributed by atoms with Crippen LogP contribution in [0.15, 0.2) is 34.0 Å². The highest BCUT2D eigenvalue weighted by Gasteiger charge is 2.20. The van der Waals surface area contributed by atoms with E-state index in [2.05, 4.69) is 40.9 Å². The van der Waals surface area contributed by atoms with E-state index in [1.807, 2.05) is 6.92 Å². The van der Waals surface area contributed by atoms with Crippen LogP contribution < -0.4 is 10.0 Å². The lowest BCUT2D eigenvalue weighted by Crippen LogP contribution is -2.25. The van der Waals surface area contributed by atoms with Crippen LogP contribution >= 0.6 is 15.9 Å². The minimum atomic E-state index is -3.68. The normalized spacial score (nSPS) is 11.5. The standard InChI is InChI=1S/C12H16BrN5O2S/c1-2-3-16-12-10(6-9(13)7-17-12)21(19,20)18-8-11-14-4-5-15-11/h4-7,18H,2-3,8H2,1H3,(H,14,15)(H,16,17). The quantitative estimate of drug-likeness (QED) is 0.687. The SMILES string of the molecule is CCCNc1ncc(Br)cc1S(=O)(=O)NCc1ncc[nH]1. The summed E-state index contributed by atoms with van der Waals surface area (Å²) in [4.78, 5) is 11.1. The summed E-state index contributed by atoms with van der Waals surface area (Å²) in [7, 11) is -3.68. The van der Waals surface area contributed by atoms with Gasteiger partial charge >= 0.3 is 0 Å². The lowest BCUT2D eigenvalue weighted by Gasteiger charge is -2.12. The minimum absolute atomic E-state index is 0.0923. The number of pyridine rings is 1. The molecular formula is C12H16BrN5O2S. The first-order chi connectivity index (χ1) is 10.0. The van der Waals surface area contributed by atoms with E-state index in [1.165, 1.54) is 6.07 Å². The predicted molar refractivity (Wildman–Crippen MR) is 83.3 cm³/mol. The first kappa shape index (κ1) is 15.9. The Hall–Kier alpha value is -1.45. The molecule has 0 bridgehead atoms. The van der Waals surface area contributed by atoms with Crippen molar-refractivity contribution >= 4 is 31.8 Å². The molecule has 0 radical (unpaired) electrons. The first-order valence-corrected chi connectivity index (χ1v) is 8.68. The number of rotatable bonds is 7. The molecule has 0 saturated heterocycles. The van der Waals surface area contributed by atoms with Crippen LogP contribution in [0.3, 0.4) is 0 Å². The van der Waals surface area contributed by atoms with E-state index in [0.29, 0.717) is 22.7 Å². The van der Waals surface area contributed by atoms with Gasteiger partial charge in [-0.15, -0.1) is 0 Å². The molecule has 0 atom stereocenters. The van der Waals surface area contributed by atoms with Gasteiger partial charge < -0.3 is 10.3 Å². The molecule has 0 aromatic carbocycles. The topological polar surface area (TPSA) is 99.8 Å². The number of aromatic nitrogens is 3. The van der Waals surface area contributed by atoms with E-state index in [4.69, 9.17) is 0 Å². The largest absolute Gasteiger partial charge is 0.369 e. The van der Waals surface area contributed by atoms with Crippen LogP contribution in [0.4, 0.5) is 5.82 Å². The van der Waals surface area contributed by atoms with Gasteiger partial charge in [0.25, 0.3) is 0 Å². The molecule has 9 heteroatoms. The monoisotopic (exact) mass is 373 g/mol. The highest BCUT2D eigenvalue weighted by Crippen LogP contribution is 2.22. The van der Waals surface area contributed by atoms with E-state index in [-0.39, 0.29) is 11.4 Å². The molecule has 114 valence electrons. The maximum atomic E-state index is 12.4. The first-order valence-electron chi connectivity index (χ1n) is 6.40. The zero-order valence-corrected chi connectivity index (χ0v) is 13.8. The molecule has 3 N–H and O–H groups in total. The molecule has 2 rings (SSSR count). The van der Waals surface area contributed by atoms with Crippen molar-refractivity contribution in [3.8, 4) is 0 Å². The highest BCUT2D eigenvalue weighted by molar-refractivity contribution is 9.10. The number of sulfonamides is 1. The fraction of sp³-hybridized carbons (Fsp3) is 0.333. The Morgan fingerprint density at radius 1 is 1.38 bits per heavy atom. The van der Waals surface area contributed by atoms with E-state index in [1.54, 1.807) is 18.6 Å². The van der Waals surface area contributed by atoms with Crippen molar-refractivity contribution in [1.29, 1.82) is 0 Å². The van der Waals surface area contributed by atoms with Gasteiger partial charge in [-0.25, -0.2) is 23.1 Å². The average Bonchev–Trinajstić information content (AvgIpc) is 2.97. The third kappa shape index (κ3) is 4.26. The molecule has 7 nitrogen and oxygen atoms in total. The van der Waals surface area contributed by atoms with Crippen LogP contribution in [-0.4, -0.2) is 29.9 Å². The molecule has 0 spiro atoms. The Bertz CT molecular complexity index is 688. The Labute approximate surface area is 131 Å². The van der Waals surface area contributed by atoms with Crippen LogP contribution in [0, 0.1) is 0 Å². The van der Waals surface area contributed by atoms with Gasteiger partial charge in [-0.05, 0) is 28.4 Å². The van der Waals surface area contributed by atoms with Gasteiger partial charge in [0, 0.05) is 29.6 Å². The second-order valence-corrected chi connectivity index (χ2v) is 6.94. The summed E-state index contributed by atoms with van der Waals surface area (Å²) in [5, 5.41) is 3.01. The number of hydrogen-bond donors (Lipinski definition) is 3. The minimum Gasteiger partial charge on any atom is -0.369 e. The van der Waals surface area contributed by atoms with E-state index in [0.717, 1.165) is 6.42 Å². The van der Waals surface area contributed by atoms with Crippen molar-refractivity contribution in [1.82, 2.24) is 19.7 Å². The highest BCUT2D eigenvalue weighted by atomic mass is 79.9. The zero-order chi connectivity index (χ0) is 15.3. The molecule has 21 heavy (non-hydrogen) atoms. The number of imidazole rings is 1. The number of anilines is 1. The fourth-order valence-corrected chi connectivity index (χ4v) is 3.26. The Kier molecular flexibility index (Phi) is 5.32. The molecule has 0 amide bonds. The molecule has 2 aromatic rings. The number of H-pyrrole nitrogens is 1. The molecule has 0 aliphatic rings. The lowest BCUT2D eigenvalue weighted by molar-refractivity contribution is 0.579. The molecule has 2 heterocycles. The van der Waals surface area contributed by atoms with Gasteiger partial charge in [-0.2, -0.15) is 0 Å². The fourth-order valence-electron chi connectivity index (χ4n) is 1.64. The van der Waals surface area contributed by atoms with Gasteiger partial charge in [0.05, 0.1) is 6.54 Å². The summed E-state index contributed by atoms with van der Waals surface area (Å²) in [6.07, 6.45) is 5.64. The van der Waals surface area contributed by atoms with Crippen LogP contribution in [0.25, 0.3) is 0 Å². The summed E-state index contributed by atoms with van der Waals surface area (Å²) < 4.78 is 27.9. The van der Waals surface area contributed by atoms with Gasteiger partial charge in [0.1, 0.15) is 16.5 Å². The van der Waals surface area contributed by atoms with Crippen molar-refractivity contribution < 1.29 is 8.42 Å². The van der Waals surface area contributed by atoms with E-state index in [9.17, 15) is 8.42 Å². The lowest BCUT2D eigenvalue weighted by atomic mass is 10.4. The summed E-state index contributed by atoms with van der Waals surface area (Å²) in [6.45, 7) is 2.74.